The Kier molecular flexibility index (Phi) is 3.98. The van der Waals surface area contributed by atoms with Crippen molar-refractivity contribution < 1.29 is 9.72 Å². The van der Waals surface area contributed by atoms with Crippen LogP contribution in [0.25, 0.3) is 0 Å². The first-order valence-corrected chi connectivity index (χ1v) is 5.10. The lowest BCUT2D eigenvalue weighted by molar-refractivity contribution is -0.385. The van der Waals surface area contributed by atoms with E-state index in [1.807, 2.05) is 6.92 Å². The minimum atomic E-state index is -0.597. The maximum atomic E-state index is 11.6. The van der Waals surface area contributed by atoms with Gasteiger partial charge in [0.05, 0.1) is 4.92 Å². The fourth-order valence-electron chi connectivity index (χ4n) is 1.19. The van der Waals surface area contributed by atoms with E-state index in [1.54, 1.807) is 6.92 Å². The van der Waals surface area contributed by atoms with Crippen molar-refractivity contribution in [2.75, 3.05) is 6.54 Å². The second-order valence-electron chi connectivity index (χ2n) is 3.23. The minimum Gasteiger partial charge on any atom is -0.350 e. The number of nitrogens with zero attached hydrogens (tertiary/aromatic N) is 3. The predicted octanol–water partition coefficient (Wildman–Crippen LogP) is 0.951. The van der Waals surface area contributed by atoms with Crippen LogP contribution in [-0.4, -0.2) is 27.2 Å². The monoisotopic (exact) mass is 226 g/mol. The van der Waals surface area contributed by atoms with Crippen molar-refractivity contribution in [3.05, 3.63) is 22.0 Å². The molecule has 0 saturated carbocycles. The molecule has 0 atom stereocenters. The number of nitrogens with one attached hydrogen (secondary N) is 1. The SMILES string of the molecule is CCCNC(=O)c1nn(CC)cc1[N+](=O)[O-]. The third-order valence-electron chi connectivity index (χ3n) is 2.01. The van der Waals surface area contributed by atoms with Crippen LogP contribution in [0.2, 0.25) is 0 Å². The number of hydrogen-bond donors (Lipinski definition) is 1. The molecule has 0 unspecified atom stereocenters. The zero-order chi connectivity index (χ0) is 12.1. The summed E-state index contributed by atoms with van der Waals surface area (Å²) in [4.78, 5) is 21.7. The van der Waals surface area contributed by atoms with Crippen molar-refractivity contribution in [3.63, 3.8) is 0 Å². The Morgan fingerprint density at radius 2 is 2.31 bits per heavy atom. The van der Waals surface area contributed by atoms with E-state index in [-0.39, 0.29) is 11.4 Å². The van der Waals surface area contributed by atoms with Crippen molar-refractivity contribution in [2.24, 2.45) is 0 Å². The number of aryl methyl sites for hydroxylation is 1. The van der Waals surface area contributed by atoms with Gasteiger partial charge in [-0.15, -0.1) is 0 Å². The van der Waals surface area contributed by atoms with Crippen molar-refractivity contribution in [3.8, 4) is 0 Å². The highest BCUT2D eigenvalue weighted by atomic mass is 16.6. The third-order valence-corrected chi connectivity index (χ3v) is 2.01. The first kappa shape index (κ1) is 12.2. The lowest BCUT2D eigenvalue weighted by Gasteiger charge is -1.99. The Morgan fingerprint density at radius 1 is 1.62 bits per heavy atom. The van der Waals surface area contributed by atoms with Crippen molar-refractivity contribution in [1.82, 2.24) is 15.1 Å². The standard InChI is InChI=1S/C9H14N4O3/c1-3-5-10-9(14)8-7(13(15)16)6-12(4-2)11-8/h6H,3-5H2,1-2H3,(H,10,14). The molecule has 0 aromatic carbocycles. The number of carbonyl (C=O) groups is 1. The summed E-state index contributed by atoms with van der Waals surface area (Å²) >= 11 is 0. The molecule has 0 aliphatic carbocycles. The molecular formula is C9H14N4O3. The summed E-state index contributed by atoms with van der Waals surface area (Å²) in [5.74, 6) is -0.499. The zero-order valence-electron chi connectivity index (χ0n) is 9.27. The predicted molar refractivity (Wildman–Crippen MR) is 57.2 cm³/mol. The van der Waals surface area contributed by atoms with Crippen LogP contribution >= 0.6 is 0 Å². The molecule has 0 radical (unpaired) electrons. The highest BCUT2D eigenvalue weighted by Gasteiger charge is 2.24. The molecule has 7 nitrogen and oxygen atoms in total. The molecule has 0 fully saturated rings. The molecule has 7 heteroatoms. The highest BCUT2D eigenvalue weighted by Crippen LogP contribution is 2.16. The van der Waals surface area contributed by atoms with Gasteiger partial charge in [0.15, 0.2) is 0 Å². The van der Waals surface area contributed by atoms with Gasteiger partial charge >= 0.3 is 5.69 Å². The largest absolute Gasteiger partial charge is 0.350 e. The maximum Gasteiger partial charge on any atom is 0.320 e. The van der Waals surface area contributed by atoms with Gasteiger partial charge in [0, 0.05) is 13.1 Å². The molecule has 88 valence electrons. The Hall–Kier alpha value is -1.92. The van der Waals surface area contributed by atoms with Crippen LogP contribution in [-0.2, 0) is 6.54 Å². The van der Waals surface area contributed by atoms with E-state index in [1.165, 1.54) is 10.9 Å². The lowest BCUT2D eigenvalue weighted by atomic mass is 10.3. The Morgan fingerprint density at radius 3 is 2.81 bits per heavy atom. The number of aromatic nitrogens is 2. The first-order valence-electron chi connectivity index (χ1n) is 5.10. The molecule has 1 N–H and O–H groups in total. The quantitative estimate of drug-likeness (QED) is 0.597. The van der Waals surface area contributed by atoms with Gasteiger partial charge in [0.25, 0.3) is 5.91 Å². The van der Waals surface area contributed by atoms with E-state index < -0.39 is 10.8 Å². The molecule has 0 spiro atoms. The minimum absolute atomic E-state index is 0.125. The van der Waals surface area contributed by atoms with Gasteiger partial charge in [-0.05, 0) is 13.3 Å². The molecule has 0 bridgehead atoms. The molecule has 1 aromatic heterocycles. The topological polar surface area (TPSA) is 90.1 Å². The van der Waals surface area contributed by atoms with Gasteiger partial charge in [-0.3, -0.25) is 19.6 Å². The van der Waals surface area contributed by atoms with E-state index in [4.69, 9.17) is 0 Å². The van der Waals surface area contributed by atoms with Gasteiger partial charge in [0.2, 0.25) is 5.69 Å². The fourth-order valence-corrected chi connectivity index (χ4v) is 1.19. The molecule has 0 aliphatic rings. The molecule has 1 heterocycles. The fraction of sp³-hybridized carbons (Fsp3) is 0.556. The molecular weight excluding hydrogens is 212 g/mol. The Bertz CT molecular complexity index is 399. The summed E-state index contributed by atoms with van der Waals surface area (Å²) in [5.41, 5.74) is -0.379. The summed E-state index contributed by atoms with van der Waals surface area (Å²) in [7, 11) is 0. The van der Waals surface area contributed by atoms with Crippen molar-refractivity contribution in [2.45, 2.75) is 26.8 Å². The molecule has 1 rings (SSSR count). The molecule has 0 aliphatic heterocycles. The molecule has 1 amide bonds. The number of hydrogen-bond acceptors (Lipinski definition) is 4. The molecule has 16 heavy (non-hydrogen) atoms. The van der Waals surface area contributed by atoms with E-state index in [9.17, 15) is 14.9 Å². The van der Waals surface area contributed by atoms with Crippen molar-refractivity contribution in [1.29, 1.82) is 0 Å². The number of amides is 1. The van der Waals surface area contributed by atoms with E-state index >= 15 is 0 Å². The van der Waals surface area contributed by atoms with Crippen LogP contribution in [0.5, 0.6) is 0 Å². The lowest BCUT2D eigenvalue weighted by Crippen LogP contribution is -2.25. The van der Waals surface area contributed by atoms with E-state index in [2.05, 4.69) is 10.4 Å². The highest BCUT2D eigenvalue weighted by molar-refractivity contribution is 5.95. The van der Waals surface area contributed by atoms with Crippen LogP contribution in [0.1, 0.15) is 30.8 Å². The number of nitro groups is 1. The van der Waals surface area contributed by atoms with Gasteiger partial charge in [0.1, 0.15) is 6.20 Å². The number of rotatable bonds is 5. The van der Waals surface area contributed by atoms with Crippen LogP contribution in [0.4, 0.5) is 5.69 Å². The summed E-state index contributed by atoms with van der Waals surface area (Å²) < 4.78 is 1.37. The van der Waals surface area contributed by atoms with Crippen molar-refractivity contribution >= 4 is 11.6 Å². The van der Waals surface area contributed by atoms with E-state index in [0.29, 0.717) is 13.1 Å². The van der Waals surface area contributed by atoms with Crippen LogP contribution in [0.3, 0.4) is 0 Å². The van der Waals surface area contributed by atoms with Gasteiger partial charge in [-0.25, -0.2) is 0 Å². The van der Waals surface area contributed by atoms with Gasteiger partial charge in [-0.1, -0.05) is 6.92 Å². The maximum absolute atomic E-state index is 11.6. The van der Waals surface area contributed by atoms with Crippen LogP contribution in [0.15, 0.2) is 6.20 Å². The Labute approximate surface area is 92.6 Å². The van der Waals surface area contributed by atoms with Crippen LogP contribution in [0, 0.1) is 10.1 Å². The summed E-state index contributed by atoms with van der Waals surface area (Å²) in [5, 5.41) is 17.1. The average molecular weight is 226 g/mol. The zero-order valence-corrected chi connectivity index (χ0v) is 9.27. The summed E-state index contributed by atoms with van der Waals surface area (Å²) in [6.07, 6.45) is 2.04. The molecule has 1 aromatic rings. The van der Waals surface area contributed by atoms with Crippen LogP contribution < -0.4 is 5.32 Å². The molecule has 0 saturated heterocycles. The second kappa shape index (κ2) is 5.24. The normalized spacial score (nSPS) is 10.1. The van der Waals surface area contributed by atoms with Gasteiger partial charge < -0.3 is 5.32 Å². The summed E-state index contributed by atoms with van der Waals surface area (Å²) in [6.45, 7) is 4.67. The van der Waals surface area contributed by atoms with Gasteiger partial charge in [-0.2, -0.15) is 5.10 Å². The second-order valence-corrected chi connectivity index (χ2v) is 3.23. The first-order chi connectivity index (χ1) is 7.60. The summed E-state index contributed by atoms with van der Waals surface area (Å²) in [6, 6.07) is 0. The average Bonchev–Trinajstić information content (AvgIpc) is 2.70. The van der Waals surface area contributed by atoms with E-state index in [0.717, 1.165) is 6.42 Å². The Balaban J connectivity index is 2.96. The number of carbonyl (C=O) groups excluding carboxylic acids is 1. The smallest absolute Gasteiger partial charge is 0.320 e. The third kappa shape index (κ3) is 2.56.